The van der Waals surface area contributed by atoms with Crippen molar-refractivity contribution in [2.45, 2.75) is 31.9 Å². The molecule has 0 atom stereocenters. The van der Waals surface area contributed by atoms with E-state index in [1.807, 2.05) is 26.0 Å². The Hall–Kier alpha value is -1.82. The molecule has 174 valence electrons. The van der Waals surface area contributed by atoms with Crippen LogP contribution < -0.4 is 0 Å². The lowest BCUT2D eigenvalue weighted by atomic mass is 9.99. The van der Waals surface area contributed by atoms with E-state index in [4.69, 9.17) is 4.74 Å². The molecule has 0 radical (unpaired) electrons. The van der Waals surface area contributed by atoms with Gasteiger partial charge in [0.05, 0.1) is 11.0 Å². The van der Waals surface area contributed by atoms with Crippen molar-refractivity contribution < 1.29 is 9.53 Å². The predicted molar refractivity (Wildman–Crippen MR) is 135 cm³/mol. The lowest BCUT2D eigenvalue weighted by molar-refractivity contribution is -0.130. The molecule has 0 aromatic heterocycles. The minimum Gasteiger partial charge on any atom is -0.381 e. The van der Waals surface area contributed by atoms with E-state index in [0.717, 1.165) is 51.9 Å². The summed E-state index contributed by atoms with van der Waals surface area (Å²) in [5.41, 5.74) is 2.51. The first-order valence-corrected chi connectivity index (χ1v) is 13.1. The highest BCUT2D eigenvalue weighted by Crippen LogP contribution is 2.35. The molecule has 0 unspecified atom stereocenters. The number of carbonyl (C=O) groups is 1. The van der Waals surface area contributed by atoms with E-state index in [9.17, 15) is 4.79 Å². The van der Waals surface area contributed by atoms with E-state index in [1.165, 1.54) is 24.0 Å². The number of benzene rings is 2. The SMILES string of the molecule is CC.O=C(CSC(c1ccccc1)c1ccccc1)N1CCN(CC2CCOCC2)CC1. The van der Waals surface area contributed by atoms with Gasteiger partial charge in [0.25, 0.3) is 0 Å². The first-order chi connectivity index (χ1) is 15.8. The molecule has 2 heterocycles. The third-order valence-corrected chi connectivity index (χ3v) is 7.45. The number of hydrogen-bond donors (Lipinski definition) is 0. The normalized spacial score (nSPS) is 17.7. The Morgan fingerprint density at radius 1 is 0.906 bits per heavy atom. The summed E-state index contributed by atoms with van der Waals surface area (Å²) in [5.74, 6) is 1.55. The van der Waals surface area contributed by atoms with Gasteiger partial charge in [-0.15, -0.1) is 11.8 Å². The molecule has 2 aromatic carbocycles. The zero-order valence-electron chi connectivity index (χ0n) is 19.6. The van der Waals surface area contributed by atoms with Crippen LogP contribution in [-0.2, 0) is 9.53 Å². The predicted octanol–water partition coefficient (Wildman–Crippen LogP) is 5.11. The van der Waals surface area contributed by atoms with Crippen LogP contribution in [-0.4, -0.2) is 67.4 Å². The summed E-state index contributed by atoms with van der Waals surface area (Å²) in [6, 6.07) is 21.0. The minimum atomic E-state index is 0.186. The lowest BCUT2D eigenvalue weighted by Crippen LogP contribution is -2.50. The highest BCUT2D eigenvalue weighted by Gasteiger charge is 2.25. The molecule has 2 aromatic rings. The summed E-state index contributed by atoms with van der Waals surface area (Å²) >= 11 is 1.74. The van der Waals surface area contributed by atoms with Crippen LogP contribution >= 0.6 is 11.8 Å². The van der Waals surface area contributed by atoms with Crippen LogP contribution in [0.25, 0.3) is 0 Å². The van der Waals surface area contributed by atoms with Gasteiger partial charge in [0.1, 0.15) is 0 Å². The monoisotopic (exact) mass is 454 g/mol. The minimum absolute atomic E-state index is 0.186. The Morgan fingerprint density at radius 3 is 1.97 bits per heavy atom. The highest BCUT2D eigenvalue weighted by molar-refractivity contribution is 8.00. The molecule has 5 heteroatoms. The molecule has 0 spiro atoms. The van der Waals surface area contributed by atoms with Gasteiger partial charge in [0, 0.05) is 45.9 Å². The number of hydrogen-bond acceptors (Lipinski definition) is 4. The second kappa shape index (κ2) is 13.7. The topological polar surface area (TPSA) is 32.8 Å². The fourth-order valence-electron chi connectivity index (χ4n) is 4.36. The van der Waals surface area contributed by atoms with Gasteiger partial charge < -0.3 is 9.64 Å². The van der Waals surface area contributed by atoms with Crippen molar-refractivity contribution in [2.24, 2.45) is 5.92 Å². The third kappa shape index (κ3) is 7.36. The van der Waals surface area contributed by atoms with Gasteiger partial charge in [-0.3, -0.25) is 9.69 Å². The van der Waals surface area contributed by atoms with E-state index >= 15 is 0 Å². The van der Waals surface area contributed by atoms with Crippen LogP contribution in [0.1, 0.15) is 43.1 Å². The van der Waals surface area contributed by atoms with Crippen LogP contribution in [0, 0.1) is 5.92 Å². The van der Waals surface area contributed by atoms with E-state index < -0.39 is 0 Å². The van der Waals surface area contributed by atoms with Crippen LogP contribution in [0.4, 0.5) is 0 Å². The van der Waals surface area contributed by atoms with Crippen molar-refractivity contribution in [1.29, 1.82) is 0 Å². The Bertz CT molecular complexity index is 733. The molecule has 2 saturated heterocycles. The Labute approximate surface area is 198 Å². The van der Waals surface area contributed by atoms with E-state index in [-0.39, 0.29) is 11.2 Å². The van der Waals surface area contributed by atoms with E-state index in [2.05, 4.69) is 58.3 Å². The maximum Gasteiger partial charge on any atom is 0.232 e. The molecule has 0 aliphatic carbocycles. The number of rotatable bonds is 7. The Morgan fingerprint density at radius 2 is 1.44 bits per heavy atom. The number of ether oxygens (including phenoxy) is 1. The molecule has 0 bridgehead atoms. The second-order valence-electron chi connectivity index (χ2n) is 8.25. The standard InChI is InChI=1S/C25H32N2O2S.C2H6/c28-24(27-15-13-26(14-16-27)19-21-11-17-29-18-12-21)20-30-25(22-7-3-1-4-8-22)23-9-5-2-6-10-23;1-2/h1-10,21,25H,11-20H2;1-2H3. The summed E-state index contributed by atoms with van der Waals surface area (Å²) in [4.78, 5) is 17.5. The maximum absolute atomic E-state index is 12.9. The van der Waals surface area contributed by atoms with Crippen molar-refractivity contribution in [2.75, 3.05) is 51.7 Å². The zero-order valence-corrected chi connectivity index (χ0v) is 20.4. The molecule has 0 saturated carbocycles. The van der Waals surface area contributed by atoms with E-state index in [0.29, 0.717) is 5.75 Å². The summed E-state index contributed by atoms with van der Waals surface area (Å²) in [6.07, 6.45) is 2.35. The quantitative estimate of drug-likeness (QED) is 0.582. The number of carbonyl (C=O) groups excluding carboxylic acids is 1. The molecule has 2 aliphatic heterocycles. The first kappa shape index (κ1) is 24.8. The molecular formula is C27H38N2O2S. The van der Waals surface area contributed by atoms with Crippen LogP contribution in [0.2, 0.25) is 0 Å². The summed E-state index contributed by atoms with van der Waals surface area (Å²) in [7, 11) is 0. The fraction of sp³-hybridized carbons (Fsp3) is 0.519. The molecular weight excluding hydrogens is 416 g/mol. The summed E-state index contributed by atoms with van der Waals surface area (Å²) in [6.45, 7) is 10.7. The van der Waals surface area contributed by atoms with Gasteiger partial charge in [0.15, 0.2) is 0 Å². The highest BCUT2D eigenvalue weighted by atomic mass is 32.2. The van der Waals surface area contributed by atoms with Gasteiger partial charge in [0.2, 0.25) is 5.91 Å². The molecule has 0 N–H and O–H groups in total. The molecule has 32 heavy (non-hydrogen) atoms. The molecule has 4 rings (SSSR count). The van der Waals surface area contributed by atoms with Gasteiger partial charge >= 0.3 is 0 Å². The number of amides is 1. The van der Waals surface area contributed by atoms with Crippen molar-refractivity contribution in [3.05, 3.63) is 71.8 Å². The van der Waals surface area contributed by atoms with E-state index in [1.54, 1.807) is 11.8 Å². The van der Waals surface area contributed by atoms with Gasteiger partial charge in [-0.1, -0.05) is 74.5 Å². The van der Waals surface area contributed by atoms with Crippen molar-refractivity contribution in [3.8, 4) is 0 Å². The fourth-order valence-corrected chi connectivity index (χ4v) is 5.55. The van der Waals surface area contributed by atoms with Gasteiger partial charge in [-0.05, 0) is 29.9 Å². The lowest BCUT2D eigenvalue weighted by Gasteiger charge is -2.37. The zero-order chi connectivity index (χ0) is 22.6. The smallest absolute Gasteiger partial charge is 0.232 e. The maximum atomic E-state index is 12.9. The second-order valence-corrected chi connectivity index (χ2v) is 9.34. The average molecular weight is 455 g/mol. The average Bonchev–Trinajstić information content (AvgIpc) is 2.88. The van der Waals surface area contributed by atoms with Crippen LogP contribution in [0.5, 0.6) is 0 Å². The van der Waals surface area contributed by atoms with Crippen LogP contribution in [0.15, 0.2) is 60.7 Å². The third-order valence-electron chi connectivity index (χ3n) is 6.16. The Kier molecular flexibility index (Phi) is 10.6. The molecule has 2 aliphatic rings. The van der Waals surface area contributed by atoms with Gasteiger partial charge in [-0.2, -0.15) is 0 Å². The molecule has 2 fully saturated rings. The van der Waals surface area contributed by atoms with Crippen LogP contribution in [0.3, 0.4) is 0 Å². The summed E-state index contributed by atoms with van der Waals surface area (Å²) < 4.78 is 5.47. The summed E-state index contributed by atoms with van der Waals surface area (Å²) in [5, 5.41) is 0.186. The molecule has 4 nitrogen and oxygen atoms in total. The molecule has 1 amide bonds. The Balaban J connectivity index is 0.00000141. The largest absolute Gasteiger partial charge is 0.381 e. The van der Waals surface area contributed by atoms with Crippen molar-refractivity contribution >= 4 is 17.7 Å². The number of piperazine rings is 1. The van der Waals surface area contributed by atoms with Crippen molar-refractivity contribution in [3.63, 3.8) is 0 Å². The first-order valence-electron chi connectivity index (χ1n) is 12.1. The van der Waals surface area contributed by atoms with Gasteiger partial charge in [-0.25, -0.2) is 0 Å². The number of thioether (sulfide) groups is 1. The van der Waals surface area contributed by atoms with Crippen molar-refractivity contribution in [1.82, 2.24) is 9.80 Å². The number of nitrogens with zero attached hydrogens (tertiary/aromatic N) is 2.